The summed E-state index contributed by atoms with van der Waals surface area (Å²) in [4.78, 5) is 0. The lowest BCUT2D eigenvalue weighted by Gasteiger charge is -2.24. The summed E-state index contributed by atoms with van der Waals surface area (Å²) in [7, 11) is 0. The maximum atomic E-state index is 5.84. The van der Waals surface area contributed by atoms with Crippen LogP contribution in [0.1, 0.15) is 51.4 Å². The highest BCUT2D eigenvalue weighted by atomic mass is 35.5. The molecule has 0 amide bonds. The first-order valence-corrected chi connectivity index (χ1v) is 7.23. The second-order valence-electron chi connectivity index (χ2n) is 5.58. The van der Waals surface area contributed by atoms with Gasteiger partial charge in [-0.1, -0.05) is 32.1 Å². The number of hydrogen-bond donors (Lipinski definition) is 1. The zero-order valence-electron chi connectivity index (χ0n) is 11.0. The fourth-order valence-corrected chi connectivity index (χ4v) is 3.04. The minimum absolute atomic E-state index is 0. The van der Waals surface area contributed by atoms with E-state index in [0.29, 0.717) is 0 Å². The molecule has 2 aliphatic rings. The van der Waals surface area contributed by atoms with E-state index in [1.165, 1.54) is 64.5 Å². The molecule has 0 aromatic heterocycles. The second-order valence-corrected chi connectivity index (χ2v) is 5.58. The molecule has 1 aliphatic carbocycles. The molecule has 0 bridgehead atoms. The number of nitrogens with one attached hydrogen (secondary N) is 1. The summed E-state index contributed by atoms with van der Waals surface area (Å²) >= 11 is 0. The molecule has 2 nitrogen and oxygen atoms in total. The zero-order valence-corrected chi connectivity index (χ0v) is 11.8. The first-order chi connectivity index (χ1) is 7.95. The van der Waals surface area contributed by atoms with E-state index in [9.17, 15) is 0 Å². The summed E-state index contributed by atoms with van der Waals surface area (Å²) in [6.45, 7) is 4.36. The van der Waals surface area contributed by atoms with E-state index < -0.39 is 0 Å². The van der Waals surface area contributed by atoms with E-state index in [1.807, 2.05) is 0 Å². The van der Waals surface area contributed by atoms with Gasteiger partial charge in [0, 0.05) is 13.2 Å². The molecule has 17 heavy (non-hydrogen) atoms. The van der Waals surface area contributed by atoms with Gasteiger partial charge in [-0.2, -0.15) is 0 Å². The summed E-state index contributed by atoms with van der Waals surface area (Å²) in [6.07, 6.45) is 11.3. The van der Waals surface area contributed by atoms with Crippen LogP contribution in [-0.2, 0) is 4.74 Å². The molecule has 102 valence electrons. The number of hydrogen-bond acceptors (Lipinski definition) is 2. The normalized spacial score (nSPS) is 26.5. The van der Waals surface area contributed by atoms with Crippen molar-refractivity contribution < 1.29 is 4.74 Å². The summed E-state index contributed by atoms with van der Waals surface area (Å²) in [5.74, 6) is 1.75. The monoisotopic (exact) mass is 261 g/mol. The van der Waals surface area contributed by atoms with Crippen LogP contribution in [0.5, 0.6) is 0 Å². The van der Waals surface area contributed by atoms with Gasteiger partial charge in [0.15, 0.2) is 0 Å². The van der Waals surface area contributed by atoms with E-state index in [4.69, 9.17) is 4.74 Å². The van der Waals surface area contributed by atoms with Crippen molar-refractivity contribution in [1.29, 1.82) is 0 Å². The fourth-order valence-electron chi connectivity index (χ4n) is 3.04. The lowest BCUT2D eigenvalue weighted by atomic mass is 9.87. The smallest absolute Gasteiger partial charge is 0.0506 e. The molecule has 1 aliphatic heterocycles. The SMILES string of the molecule is C1CCC(CCOCC2CCCNC2)CC1.Cl. The Bertz CT molecular complexity index is 157. The van der Waals surface area contributed by atoms with Gasteiger partial charge in [0.25, 0.3) is 0 Å². The van der Waals surface area contributed by atoms with E-state index in [2.05, 4.69) is 5.32 Å². The lowest BCUT2D eigenvalue weighted by molar-refractivity contribution is 0.0764. The Morgan fingerprint density at radius 1 is 0.941 bits per heavy atom. The third-order valence-corrected chi connectivity index (χ3v) is 4.15. The zero-order chi connectivity index (χ0) is 11.1. The van der Waals surface area contributed by atoms with Crippen molar-refractivity contribution in [3.05, 3.63) is 0 Å². The van der Waals surface area contributed by atoms with Gasteiger partial charge in [0.05, 0.1) is 6.61 Å². The largest absolute Gasteiger partial charge is 0.381 e. The molecule has 0 radical (unpaired) electrons. The van der Waals surface area contributed by atoms with Crippen LogP contribution in [0, 0.1) is 11.8 Å². The Hall–Kier alpha value is 0.210. The first-order valence-electron chi connectivity index (χ1n) is 7.23. The van der Waals surface area contributed by atoms with Gasteiger partial charge in [-0.25, -0.2) is 0 Å². The van der Waals surface area contributed by atoms with Gasteiger partial charge in [-0.3, -0.25) is 0 Å². The minimum atomic E-state index is 0. The molecule has 2 fully saturated rings. The summed E-state index contributed by atoms with van der Waals surface area (Å²) in [5, 5.41) is 3.45. The predicted molar refractivity (Wildman–Crippen MR) is 74.9 cm³/mol. The minimum Gasteiger partial charge on any atom is -0.381 e. The lowest BCUT2D eigenvalue weighted by Crippen LogP contribution is -2.32. The van der Waals surface area contributed by atoms with Crippen molar-refractivity contribution in [3.8, 4) is 0 Å². The van der Waals surface area contributed by atoms with E-state index in [1.54, 1.807) is 0 Å². The van der Waals surface area contributed by atoms with Crippen LogP contribution in [0.25, 0.3) is 0 Å². The molecule has 1 heterocycles. The van der Waals surface area contributed by atoms with Crippen LogP contribution in [0.2, 0.25) is 0 Å². The second kappa shape index (κ2) is 9.18. The maximum Gasteiger partial charge on any atom is 0.0506 e. The van der Waals surface area contributed by atoms with E-state index in [0.717, 1.165) is 25.0 Å². The van der Waals surface area contributed by atoms with Crippen molar-refractivity contribution in [2.24, 2.45) is 11.8 Å². The fraction of sp³-hybridized carbons (Fsp3) is 1.00. The molecule has 3 heteroatoms. The van der Waals surface area contributed by atoms with Gasteiger partial charge in [-0.15, -0.1) is 12.4 Å². The molecule has 2 rings (SSSR count). The Labute approximate surface area is 112 Å². The molecular formula is C14H28ClNO. The van der Waals surface area contributed by atoms with Gasteiger partial charge >= 0.3 is 0 Å². The van der Waals surface area contributed by atoms with Gasteiger partial charge in [0.1, 0.15) is 0 Å². The molecular weight excluding hydrogens is 234 g/mol. The van der Waals surface area contributed by atoms with Crippen molar-refractivity contribution in [1.82, 2.24) is 5.32 Å². The molecule has 1 saturated heterocycles. The highest BCUT2D eigenvalue weighted by Crippen LogP contribution is 2.26. The molecule has 0 spiro atoms. The molecule has 0 aromatic carbocycles. The molecule has 1 atom stereocenters. The van der Waals surface area contributed by atoms with E-state index in [-0.39, 0.29) is 12.4 Å². The van der Waals surface area contributed by atoms with Crippen molar-refractivity contribution >= 4 is 12.4 Å². The van der Waals surface area contributed by atoms with Gasteiger partial charge in [-0.05, 0) is 37.6 Å². The molecule has 0 aromatic rings. The predicted octanol–water partition coefficient (Wildman–Crippen LogP) is 3.39. The molecule has 1 N–H and O–H groups in total. The quantitative estimate of drug-likeness (QED) is 0.766. The highest BCUT2D eigenvalue weighted by molar-refractivity contribution is 5.85. The molecule has 1 unspecified atom stereocenters. The van der Waals surface area contributed by atoms with Gasteiger partial charge in [0.2, 0.25) is 0 Å². The Kier molecular flexibility index (Phi) is 8.25. The third-order valence-electron chi connectivity index (χ3n) is 4.15. The van der Waals surface area contributed by atoms with Crippen LogP contribution in [-0.4, -0.2) is 26.3 Å². The number of piperidine rings is 1. The summed E-state index contributed by atoms with van der Waals surface area (Å²) in [5.41, 5.74) is 0. The highest BCUT2D eigenvalue weighted by Gasteiger charge is 2.15. The Morgan fingerprint density at radius 2 is 1.71 bits per heavy atom. The number of rotatable bonds is 5. The van der Waals surface area contributed by atoms with Crippen LogP contribution < -0.4 is 5.32 Å². The van der Waals surface area contributed by atoms with Crippen LogP contribution >= 0.6 is 12.4 Å². The average molecular weight is 262 g/mol. The number of ether oxygens (including phenoxy) is 1. The average Bonchev–Trinajstić information content (AvgIpc) is 2.37. The maximum absolute atomic E-state index is 5.84. The summed E-state index contributed by atoms with van der Waals surface area (Å²) in [6, 6.07) is 0. The standard InChI is InChI=1S/C14H27NO.ClH/c1-2-5-13(6-3-1)8-10-16-12-14-7-4-9-15-11-14;/h13-15H,1-12H2;1H. The molecule has 1 saturated carbocycles. The van der Waals surface area contributed by atoms with Crippen LogP contribution in [0.4, 0.5) is 0 Å². The van der Waals surface area contributed by atoms with Crippen molar-refractivity contribution in [2.75, 3.05) is 26.3 Å². The summed E-state index contributed by atoms with van der Waals surface area (Å²) < 4.78 is 5.84. The van der Waals surface area contributed by atoms with Crippen LogP contribution in [0.15, 0.2) is 0 Å². The van der Waals surface area contributed by atoms with Crippen LogP contribution in [0.3, 0.4) is 0 Å². The Morgan fingerprint density at radius 3 is 2.41 bits per heavy atom. The third kappa shape index (κ3) is 6.08. The first kappa shape index (κ1) is 15.3. The van der Waals surface area contributed by atoms with Crippen molar-refractivity contribution in [2.45, 2.75) is 51.4 Å². The topological polar surface area (TPSA) is 21.3 Å². The van der Waals surface area contributed by atoms with Gasteiger partial charge < -0.3 is 10.1 Å². The Balaban J connectivity index is 0.00000144. The number of halogens is 1. The van der Waals surface area contributed by atoms with E-state index >= 15 is 0 Å². The van der Waals surface area contributed by atoms with Crippen molar-refractivity contribution in [3.63, 3.8) is 0 Å².